The fraction of sp³-hybridized carbons (Fsp3) is 0.455. The van der Waals surface area contributed by atoms with E-state index in [4.69, 9.17) is 9.47 Å². The maximum atomic E-state index is 11.7. The second-order valence-electron chi connectivity index (χ2n) is 6.69. The number of pyridine rings is 1. The molecule has 1 unspecified atom stereocenters. The van der Waals surface area contributed by atoms with Crippen LogP contribution in [0.25, 0.3) is 0 Å². The van der Waals surface area contributed by atoms with E-state index in [-0.39, 0.29) is 11.7 Å². The summed E-state index contributed by atoms with van der Waals surface area (Å²) in [5.41, 5.74) is 0.0420. The van der Waals surface area contributed by atoms with Crippen molar-refractivity contribution < 1.29 is 9.47 Å². The highest BCUT2D eigenvalue weighted by molar-refractivity contribution is 5.79. The highest BCUT2D eigenvalue weighted by atomic mass is 16.5. The van der Waals surface area contributed by atoms with Gasteiger partial charge in [-0.15, -0.1) is 0 Å². The average molecular weight is 401 g/mol. The van der Waals surface area contributed by atoms with Gasteiger partial charge in [0.15, 0.2) is 5.96 Å². The van der Waals surface area contributed by atoms with Crippen molar-refractivity contribution >= 4 is 5.96 Å². The smallest absolute Gasteiger partial charge is 0.250 e. The topological polar surface area (TPSA) is 76.9 Å². The van der Waals surface area contributed by atoms with Gasteiger partial charge in [0.25, 0.3) is 0 Å². The number of methoxy groups -OCH3 is 1. The molecule has 158 valence electrons. The number of nitrogens with one attached hydrogen (secondary N) is 2. The van der Waals surface area contributed by atoms with Crippen LogP contribution in [0.5, 0.6) is 11.5 Å². The monoisotopic (exact) mass is 400 g/mol. The van der Waals surface area contributed by atoms with E-state index in [9.17, 15) is 4.79 Å². The third kappa shape index (κ3) is 8.29. The third-order valence-corrected chi connectivity index (χ3v) is 4.25. The first-order valence-electron chi connectivity index (χ1n) is 10.1. The van der Waals surface area contributed by atoms with Crippen molar-refractivity contribution in [3.8, 4) is 11.5 Å². The predicted octanol–water partition coefficient (Wildman–Crippen LogP) is 2.66. The molecule has 0 saturated carbocycles. The first-order chi connectivity index (χ1) is 14.1. The number of ether oxygens (including phenoxy) is 2. The van der Waals surface area contributed by atoms with Crippen molar-refractivity contribution in [2.45, 2.75) is 39.3 Å². The Morgan fingerprint density at radius 1 is 1.14 bits per heavy atom. The van der Waals surface area contributed by atoms with E-state index in [1.165, 1.54) is 0 Å². The van der Waals surface area contributed by atoms with E-state index >= 15 is 0 Å². The molecule has 1 aromatic carbocycles. The number of aromatic nitrogens is 1. The summed E-state index contributed by atoms with van der Waals surface area (Å²) in [5, 5.41) is 6.58. The van der Waals surface area contributed by atoms with E-state index in [1.807, 2.05) is 50.4 Å². The average Bonchev–Trinajstić information content (AvgIpc) is 2.73. The molecule has 0 saturated heterocycles. The molecule has 0 aliphatic rings. The Morgan fingerprint density at radius 2 is 1.97 bits per heavy atom. The van der Waals surface area contributed by atoms with Crippen molar-refractivity contribution in [2.75, 3.05) is 26.7 Å². The summed E-state index contributed by atoms with van der Waals surface area (Å²) >= 11 is 0. The van der Waals surface area contributed by atoms with Gasteiger partial charge in [0.1, 0.15) is 17.6 Å². The maximum absolute atomic E-state index is 11.7. The Balaban J connectivity index is 1.74. The quantitative estimate of drug-likeness (QED) is 0.345. The largest absolute Gasteiger partial charge is 0.497 e. The van der Waals surface area contributed by atoms with Crippen LogP contribution >= 0.6 is 0 Å². The highest BCUT2D eigenvalue weighted by Crippen LogP contribution is 2.19. The Kier molecular flexibility index (Phi) is 9.62. The number of rotatable bonds is 11. The lowest BCUT2D eigenvalue weighted by molar-refractivity contribution is 0.229. The molecule has 0 aliphatic carbocycles. The van der Waals surface area contributed by atoms with Gasteiger partial charge in [-0.25, -0.2) is 4.99 Å². The van der Waals surface area contributed by atoms with E-state index in [0.29, 0.717) is 6.54 Å². The molecule has 2 N–H and O–H groups in total. The van der Waals surface area contributed by atoms with Crippen molar-refractivity contribution in [3.05, 3.63) is 59.0 Å². The molecule has 0 spiro atoms. The summed E-state index contributed by atoms with van der Waals surface area (Å²) in [6.07, 6.45) is 3.63. The van der Waals surface area contributed by atoms with Crippen LogP contribution < -0.4 is 25.7 Å². The second-order valence-corrected chi connectivity index (χ2v) is 6.69. The van der Waals surface area contributed by atoms with Crippen LogP contribution in [0.3, 0.4) is 0 Å². The third-order valence-electron chi connectivity index (χ3n) is 4.25. The van der Waals surface area contributed by atoms with Crippen LogP contribution in [0.2, 0.25) is 0 Å². The van der Waals surface area contributed by atoms with Gasteiger partial charge in [0.2, 0.25) is 5.56 Å². The Morgan fingerprint density at radius 3 is 2.72 bits per heavy atom. The lowest BCUT2D eigenvalue weighted by Gasteiger charge is -2.15. The zero-order valence-corrected chi connectivity index (χ0v) is 17.6. The van der Waals surface area contributed by atoms with Gasteiger partial charge in [-0.3, -0.25) is 4.79 Å². The number of unbranched alkanes of at least 4 members (excludes halogenated alkanes) is 1. The summed E-state index contributed by atoms with van der Waals surface area (Å²) in [6, 6.07) is 12.8. The highest BCUT2D eigenvalue weighted by Gasteiger charge is 2.06. The lowest BCUT2D eigenvalue weighted by atomic mass is 10.3. The molecule has 0 aliphatic heterocycles. The Labute approximate surface area is 172 Å². The van der Waals surface area contributed by atoms with Crippen LogP contribution in [0.1, 0.15) is 26.7 Å². The second kappa shape index (κ2) is 12.5. The molecule has 0 radical (unpaired) electrons. The molecular formula is C22H32N4O3. The first-order valence-corrected chi connectivity index (χ1v) is 10.1. The van der Waals surface area contributed by atoms with Gasteiger partial charge in [-0.05, 0) is 44.9 Å². The summed E-state index contributed by atoms with van der Waals surface area (Å²) < 4.78 is 12.9. The van der Waals surface area contributed by atoms with Gasteiger partial charge in [-0.2, -0.15) is 0 Å². The number of hydrogen-bond donors (Lipinski definition) is 2. The summed E-state index contributed by atoms with van der Waals surface area (Å²) in [7, 11) is 1.64. The number of benzene rings is 1. The molecule has 7 heteroatoms. The standard InChI is InChI=1S/C22H32N4O3/c1-4-23-22(24-13-6-8-15-26-14-7-5-12-21(26)27)25-17-18(2)29-20-11-9-10-19(16-20)28-3/h5,7,9-12,14,16,18H,4,6,8,13,15,17H2,1-3H3,(H2,23,24,25). The molecule has 7 nitrogen and oxygen atoms in total. The Hall–Kier alpha value is -2.96. The number of aryl methyl sites for hydroxylation is 1. The Bertz CT molecular complexity index is 819. The molecule has 0 amide bonds. The van der Waals surface area contributed by atoms with Gasteiger partial charge in [0, 0.05) is 38.0 Å². The molecule has 0 fully saturated rings. The predicted molar refractivity (Wildman–Crippen MR) is 117 cm³/mol. The van der Waals surface area contributed by atoms with Crippen molar-refractivity contribution in [2.24, 2.45) is 4.99 Å². The molecule has 29 heavy (non-hydrogen) atoms. The minimum atomic E-state index is -0.0671. The van der Waals surface area contributed by atoms with Gasteiger partial charge in [0.05, 0.1) is 13.7 Å². The summed E-state index contributed by atoms with van der Waals surface area (Å²) in [5.74, 6) is 2.30. The molecule has 1 atom stereocenters. The van der Waals surface area contributed by atoms with Crippen LogP contribution in [0.4, 0.5) is 0 Å². The fourth-order valence-corrected chi connectivity index (χ4v) is 2.76. The molecule has 2 aromatic rings. The van der Waals surface area contributed by atoms with Crippen LogP contribution in [0, 0.1) is 0 Å². The van der Waals surface area contributed by atoms with Crippen LogP contribution in [0.15, 0.2) is 58.4 Å². The van der Waals surface area contributed by atoms with Gasteiger partial charge in [-0.1, -0.05) is 12.1 Å². The lowest BCUT2D eigenvalue weighted by Crippen LogP contribution is -2.38. The number of nitrogens with zero attached hydrogens (tertiary/aromatic N) is 2. The zero-order valence-electron chi connectivity index (χ0n) is 17.6. The van der Waals surface area contributed by atoms with Crippen molar-refractivity contribution in [3.63, 3.8) is 0 Å². The molecule has 0 bridgehead atoms. The minimum Gasteiger partial charge on any atom is -0.497 e. The first kappa shape index (κ1) is 22.3. The number of guanidine groups is 1. The van der Waals surface area contributed by atoms with Crippen LogP contribution in [-0.2, 0) is 6.54 Å². The molecule has 1 heterocycles. The zero-order chi connectivity index (χ0) is 20.9. The molecule has 2 rings (SSSR count). The minimum absolute atomic E-state index is 0.0420. The summed E-state index contributed by atoms with van der Waals surface area (Å²) in [6.45, 7) is 6.86. The van der Waals surface area contributed by atoms with E-state index in [1.54, 1.807) is 23.8 Å². The fourth-order valence-electron chi connectivity index (χ4n) is 2.76. The van der Waals surface area contributed by atoms with E-state index < -0.39 is 0 Å². The maximum Gasteiger partial charge on any atom is 0.250 e. The van der Waals surface area contributed by atoms with Gasteiger partial charge >= 0.3 is 0 Å². The van der Waals surface area contributed by atoms with Crippen molar-refractivity contribution in [1.29, 1.82) is 0 Å². The normalized spacial score (nSPS) is 12.3. The number of aliphatic imine (C=N–C) groups is 1. The molecular weight excluding hydrogens is 368 g/mol. The SMILES string of the molecule is CCNC(=NCC(C)Oc1cccc(OC)c1)NCCCCn1ccccc1=O. The van der Waals surface area contributed by atoms with Gasteiger partial charge < -0.3 is 24.7 Å². The van der Waals surface area contributed by atoms with Crippen LogP contribution in [-0.4, -0.2) is 43.4 Å². The van der Waals surface area contributed by atoms with E-state index in [0.717, 1.165) is 49.9 Å². The van der Waals surface area contributed by atoms with E-state index in [2.05, 4.69) is 15.6 Å². The molecule has 1 aromatic heterocycles. The van der Waals surface area contributed by atoms with Crippen molar-refractivity contribution in [1.82, 2.24) is 15.2 Å². The summed E-state index contributed by atoms with van der Waals surface area (Å²) in [4.78, 5) is 16.3. The number of hydrogen-bond acceptors (Lipinski definition) is 4.